The predicted octanol–water partition coefficient (Wildman–Crippen LogP) is 1.41. The molecule has 0 saturated carbocycles. The van der Waals surface area contributed by atoms with E-state index in [0.29, 0.717) is 17.2 Å². The number of nitrogens with one attached hydrogen (secondary N) is 2. The Bertz CT molecular complexity index is 1300. The first-order chi connectivity index (χ1) is 14.0. The summed E-state index contributed by atoms with van der Waals surface area (Å²) >= 11 is 0. The molecule has 0 atom stereocenters. The summed E-state index contributed by atoms with van der Waals surface area (Å²) in [7, 11) is -7.77. The number of hydrogen-bond acceptors (Lipinski definition) is 9. The second-order valence-corrected chi connectivity index (χ2v) is 9.48. The maximum atomic E-state index is 11.4. The molecule has 0 spiro atoms. The molecule has 0 amide bonds. The van der Waals surface area contributed by atoms with Gasteiger partial charge in [0.2, 0.25) is 21.9 Å². The summed E-state index contributed by atoms with van der Waals surface area (Å²) in [6, 6.07) is 12.2. The van der Waals surface area contributed by atoms with E-state index in [4.69, 9.17) is 10.3 Å². The highest BCUT2D eigenvalue weighted by atomic mass is 32.2. The first kappa shape index (κ1) is 21.4. The van der Waals surface area contributed by atoms with Crippen LogP contribution in [0.5, 0.6) is 0 Å². The molecule has 11 nitrogen and oxygen atoms in total. The van der Waals surface area contributed by atoms with Gasteiger partial charge < -0.3 is 11.1 Å². The van der Waals surface area contributed by atoms with Gasteiger partial charge in [0.25, 0.3) is 10.1 Å². The highest BCUT2D eigenvalue weighted by molar-refractivity contribution is 7.92. The van der Waals surface area contributed by atoms with E-state index in [-0.39, 0.29) is 23.2 Å². The molecule has 1 heterocycles. The van der Waals surface area contributed by atoms with E-state index in [1.54, 1.807) is 30.3 Å². The van der Waals surface area contributed by atoms with E-state index in [2.05, 4.69) is 25.0 Å². The second-order valence-electron chi connectivity index (χ2n) is 6.31. The minimum absolute atomic E-state index is 0.0566. The van der Waals surface area contributed by atoms with Crippen LogP contribution in [0.2, 0.25) is 0 Å². The largest absolute Gasteiger partial charge is 0.368 e. The molecule has 0 aliphatic heterocycles. The summed E-state index contributed by atoms with van der Waals surface area (Å²) in [4.78, 5) is 12.0. The Morgan fingerprint density at radius 2 is 1.67 bits per heavy atom. The van der Waals surface area contributed by atoms with Crippen LogP contribution in [0.3, 0.4) is 0 Å². The normalized spacial score (nSPS) is 11.8. The molecule has 3 rings (SSSR count). The van der Waals surface area contributed by atoms with Crippen molar-refractivity contribution in [1.29, 1.82) is 0 Å². The van der Waals surface area contributed by atoms with Crippen LogP contribution in [-0.2, 0) is 26.6 Å². The smallest absolute Gasteiger partial charge is 0.294 e. The van der Waals surface area contributed by atoms with Crippen LogP contribution in [-0.4, -0.2) is 42.6 Å². The van der Waals surface area contributed by atoms with Gasteiger partial charge in [0.15, 0.2) is 0 Å². The van der Waals surface area contributed by atoms with Crippen LogP contribution in [0.1, 0.15) is 11.4 Å². The van der Waals surface area contributed by atoms with Crippen LogP contribution >= 0.6 is 0 Å². The van der Waals surface area contributed by atoms with Crippen molar-refractivity contribution >= 4 is 43.4 Å². The summed E-state index contributed by atoms with van der Waals surface area (Å²) in [5.74, 6) is 0.335. The van der Waals surface area contributed by atoms with Crippen molar-refractivity contribution in [1.82, 2.24) is 15.0 Å². The molecule has 0 radical (unpaired) electrons. The number of nitrogens with two attached hydrogens (primary N) is 1. The number of rotatable bonds is 7. The Labute approximate surface area is 173 Å². The van der Waals surface area contributed by atoms with Gasteiger partial charge in [-0.2, -0.15) is 23.4 Å². The quantitative estimate of drug-likeness (QED) is 0.385. The van der Waals surface area contributed by atoms with Crippen molar-refractivity contribution in [3.05, 3.63) is 59.9 Å². The summed E-state index contributed by atoms with van der Waals surface area (Å²) in [5.41, 5.74) is 7.20. The second kappa shape index (κ2) is 8.22. The van der Waals surface area contributed by atoms with Gasteiger partial charge in [-0.15, -0.1) is 0 Å². The third kappa shape index (κ3) is 6.10. The Balaban J connectivity index is 1.84. The van der Waals surface area contributed by atoms with Gasteiger partial charge in [-0.05, 0) is 35.9 Å². The maximum Gasteiger partial charge on any atom is 0.294 e. The average molecular weight is 451 g/mol. The lowest BCUT2D eigenvalue weighted by Gasteiger charge is -2.09. The fourth-order valence-electron chi connectivity index (χ4n) is 2.58. The zero-order valence-corrected chi connectivity index (χ0v) is 17.3. The van der Waals surface area contributed by atoms with Gasteiger partial charge in [0.1, 0.15) is 5.82 Å². The molecule has 158 valence electrons. The summed E-state index contributed by atoms with van der Waals surface area (Å²) < 4.78 is 56.9. The van der Waals surface area contributed by atoms with Gasteiger partial charge >= 0.3 is 0 Å². The number of nitrogens with zero attached hydrogens (tertiary/aromatic N) is 3. The van der Waals surface area contributed by atoms with Crippen molar-refractivity contribution in [2.75, 3.05) is 22.0 Å². The lowest BCUT2D eigenvalue weighted by atomic mass is 10.1. The maximum absolute atomic E-state index is 11.4. The monoisotopic (exact) mass is 450 g/mol. The lowest BCUT2D eigenvalue weighted by molar-refractivity contribution is 0.483. The number of sulfonamides is 1. The van der Waals surface area contributed by atoms with Crippen molar-refractivity contribution < 1.29 is 21.4 Å². The molecule has 0 fully saturated rings. The SMILES string of the molecule is CS(=O)(=O)Nc1cccc(Cc2nc(N)nc(Nc3cccc(S(=O)(=O)O)c3)n2)c1. The fraction of sp³-hybridized carbons (Fsp3) is 0.118. The molecular formula is C17H18N6O5S2. The molecule has 13 heteroatoms. The molecule has 30 heavy (non-hydrogen) atoms. The van der Waals surface area contributed by atoms with Gasteiger partial charge in [0, 0.05) is 17.8 Å². The van der Waals surface area contributed by atoms with E-state index >= 15 is 0 Å². The highest BCUT2D eigenvalue weighted by Gasteiger charge is 2.12. The molecule has 0 aliphatic rings. The summed E-state index contributed by atoms with van der Waals surface area (Å²) in [6.07, 6.45) is 1.30. The first-order valence-electron chi connectivity index (χ1n) is 8.40. The highest BCUT2D eigenvalue weighted by Crippen LogP contribution is 2.19. The molecule has 0 aliphatic carbocycles. The van der Waals surface area contributed by atoms with Gasteiger partial charge in [-0.1, -0.05) is 18.2 Å². The Hall–Kier alpha value is -3.29. The first-order valence-corrected chi connectivity index (χ1v) is 11.7. The summed E-state index contributed by atoms with van der Waals surface area (Å²) in [6.45, 7) is 0. The zero-order chi connectivity index (χ0) is 21.9. The molecule has 5 N–H and O–H groups in total. The number of hydrogen-bond donors (Lipinski definition) is 4. The molecule has 0 bridgehead atoms. The van der Waals surface area contributed by atoms with Crippen LogP contribution in [0, 0.1) is 0 Å². The van der Waals surface area contributed by atoms with Gasteiger partial charge in [-0.25, -0.2) is 8.42 Å². The van der Waals surface area contributed by atoms with E-state index in [1.165, 1.54) is 18.2 Å². The van der Waals surface area contributed by atoms with E-state index in [1.807, 2.05) is 0 Å². The van der Waals surface area contributed by atoms with Crippen molar-refractivity contribution in [2.45, 2.75) is 11.3 Å². The molecular weight excluding hydrogens is 432 g/mol. The van der Waals surface area contributed by atoms with E-state index in [0.717, 1.165) is 11.8 Å². The van der Waals surface area contributed by atoms with Crippen LogP contribution in [0.25, 0.3) is 0 Å². The zero-order valence-electron chi connectivity index (χ0n) is 15.6. The predicted molar refractivity (Wildman–Crippen MR) is 111 cm³/mol. The van der Waals surface area contributed by atoms with Gasteiger partial charge in [-0.3, -0.25) is 9.27 Å². The topological polar surface area (TPSA) is 177 Å². The molecule has 0 saturated heterocycles. The average Bonchev–Trinajstić information content (AvgIpc) is 2.59. The van der Waals surface area contributed by atoms with Crippen LogP contribution in [0.4, 0.5) is 23.3 Å². The molecule has 0 unspecified atom stereocenters. The van der Waals surface area contributed by atoms with Crippen LogP contribution < -0.4 is 15.8 Å². The summed E-state index contributed by atoms with van der Waals surface area (Å²) in [5, 5.41) is 2.82. The molecule has 2 aromatic carbocycles. The van der Waals surface area contributed by atoms with E-state index in [9.17, 15) is 16.8 Å². The minimum Gasteiger partial charge on any atom is -0.368 e. The Kier molecular flexibility index (Phi) is 5.87. The van der Waals surface area contributed by atoms with Crippen LogP contribution in [0.15, 0.2) is 53.4 Å². The third-order valence-electron chi connectivity index (χ3n) is 3.68. The number of nitrogen functional groups attached to an aromatic ring is 1. The fourth-order valence-corrected chi connectivity index (χ4v) is 3.66. The minimum atomic E-state index is -4.36. The standard InChI is InChI=1S/C17H18N6O5S2/c1-29(24,25)23-13-6-2-4-11(8-13)9-15-20-16(18)22-17(21-15)19-12-5-3-7-14(10-12)30(26,27)28/h2-8,10,23H,9H2,1H3,(H,26,27,28)(H3,18,19,20,21,22). The third-order valence-corrected chi connectivity index (χ3v) is 5.14. The Morgan fingerprint density at radius 3 is 2.37 bits per heavy atom. The molecule has 1 aromatic heterocycles. The van der Waals surface area contributed by atoms with E-state index < -0.39 is 20.1 Å². The number of benzene rings is 2. The Morgan fingerprint density at radius 1 is 0.967 bits per heavy atom. The molecule has 3 aromatic rings. The number of aromatic nitrogens is 3. The van der Waals surface area contributed by atoms with Crippen molar-refractivity contribution in [3.63, 3.8) is 0 Å². The van der Waals surface area contributed by atoms with Gasteiger partial charge in [0.05, 0.1) is 11.2 Å². The van der Waals surface area contributed by atoms with Crippen molar-refractivity contribution in [3.8, 4) is 0 Å². The number of anilines is 4. The lowest BCUT2D eigenvalue weighted by Crippen LogP contribution is -2.10. The van der Waals surface area contributed by atoms with Crippen molar-refractivity contribution in [2.24, 2.45) is 0 Å².